The predicted octanol–water partition coefficient (Wildman–Crippen LogP) is 3.14. The minimum Gasteiger partial charge on any atom is -0.383 e. The number of aromatic nitrogens is 1. The minimum atomic E-state index is 0.0400. The largest absolute Gasteiger partial charge is 0.383 e. The molecular formula is C16H17ClN2O2. The van der Waals surface area contributed by atoms with Crippen LogP contribution < -0.4 is 0 Å². The molecule has 0 N–H and O–H groups in total. The van der Waals surface area contributed by atoms with E-state index in [0.29, 0.717) is 17.2 Å². The standard InChI is InChI=1S/C16H17ClN2O2/c1-21-10-12-3-2-8-19(12)16(20)11-4-5-13-14(17)6-7-18-15(13)9-11/h4-7,9,12H,2-3,8,10H2,1H3/t12-/m0/s1. The van der Waals surface area contributed by atoms with Gasteiger partial charge in [0.15, 0.2) is 0 Å². The first-order chi connectivity index (χ1) is 10.2. The van der Waals surface area contributed by atoms with Gasteiger partial charge >= 0.3 is 0 Å². The molecule has 5 heteroatoms. The highest BCUT2D eigenvalue weighted by Gasteiger charge is 2.29. The molecule has 2 aromatic rings. The van der Waals surface area contributed by atoms with E-state index < -0.39 is 0 Å². The molecule has 3 rings (SSSR count). The number of methoxy groups -OCH3 is 1. The highest BCUT2D eigenvalue weighted by atomic mass is 35.5. The van der Waals surface area contributed by atoms with E-state index >= 15 is 0 Å². The van der Waals surface area contributed by atoms with Crippen LogP contribution in [-0.2, 0) is 4.74 Å². The molecule has 1 fully saturated rings. The molecule has 21 heavy (non-hydrogen) atoms. The van der Waals surface area contributed by atoms with Gasteiger partial charge in [0.05, 0.1) is 23.2 Å². The van der Waals surface area contributed by atoms with Crippen molar-refractivity contribution in [2.75, 3.05) is 20.3 Å². The number of ether oxygens (including phenoxy) is 1. The quantitative estimate of drug-likeness (QED) is 0.875. The second kappa shape index (κ2) is 6.00. The smallest absolute Gasteiger partial charge is 0.254 e. The number of halogens is 1. The number of rotatable bonds is 3. The molecule has 2 heterocycles. The Morgan fingerprint density at radius 2 is 2.33 bits per heavy atom. The third-order valence-electron chi connectivity index (χ3n) is 3.93. The maximum atomic E-state index is 12.7. The van der Waals surface area contributed by atoms with E-state index in [-0.39, 0.29) is 11.9 Å². The maximum absolute atomic E-state index is 12.7. The lowest BCUT2D eigenvalue weighted by molar-refractivity contribution is 0.0631. The normalized spacial score (nSPS) is 18.4. The Balaban J connectivity index is 1.91. The van der Waals surface area contributed by atoms with E-state index in [9.17, 15) is 4.79 Å². The van der Waals surface area contributed by atoms with Crippen molar-refractivity contribution in [1.82, 2.24) is 9.88 Å². The zero-order valence-corrected chi connectivity index (χ0v) is 12.6. The van der Waals surface area contributed by atoms with Crippen LogP contribution in [0.15, 0.2) is 30.5 Å². The van der Waals surface area contributed by atoms with Crippen molar-refractivity contribution in [3.63, 3.8) is 0 Å². The van der Waals surface area contributed by atoms with Crippen LogP contribution in [0.4, 0.5) is 0 Å². The summed E-state index contributed by atoms with van der Waals surface area (Å²) < 4.78 is 5.20. The average Bonchev–Trinajstić information content (AvgIpc) is 2.95. The molecule has 1 amide bonds. The van der Waals surface area contributed by atoms with Gasteiger partial charge in [-0.1, -0.05) is 17.7 Å². The highest BCUT2D eigenvalue weighted by Crippen LogP contribution is 2.25. The Labute approximate surface area is 128 Å². The number of hydrogen-bond acceptors (Lipinski definition) is 3. The van der Waals surface area contributed by atoms with Crippen molar-refractivity contribution in [2.24, 2.45) is 0 Å². The summed E-state index contributed by atoms with van der Waals surface area (Å²) in [6.45, 7) is 1.37. The van der Waals surface area contributed by atoms with E-state index in [4.69, 9.17) is 16.3 Å². The number of fused-ring (bicyclic) bond motifs is 1. The summed E-state index contributed by atoms with van der Waals surface area (Å²) in [7, 11) is 1.67. The van der Waals surface area contributed by atoms with Gasteiger partial charge in [0, 0.05) is 30.8 Å². The van der Waals surface area contributed by atoms with Gasteiger partial charge in [-0.15, -0.1) is 0 Å². The molecular weight excluding hydrogens is 288 g/mol. The van der Waals surface area contributed by atoms with Gasteiger partial charge in [0.2, 0.25) is 0 Å². The fraction of sp³-hybridized carbons (Fsp3) is 0.375. The van der Waals surface area contributed by atoms with Crippen molar-refractivity contribution in [3.8, 4) is 0 Å². The van der Waals surface area contributed by atoms with Crippen LogP contribution in [0.5, 0.6) is 0 Å². The zero-order chi connectivity index (χ0) is 14.8. The van der Waals surface area contributed by atoms with Crippen LogP contribution >= 0.6 is 11.6 Å². The summed E-state index contributed by atoms with van der Waals surface area (Å²) in [6, 6.07) is 7.41. The minimum absolute atomic E-state index is 0.0400. The van der Waals surface area contributed by atoms with Gasteiger partial charge in [-0.25, -0.2) is 0 Å². The number of nitrogens with zero attached hydrogens (tertiary/aromatic N) is 2. The molecule has 1 aliphatic rings. The summed E-state index contributed by atoms with van der Waals surface area (Å²) in [5, 5.41) is 1.52. The van der Waals surface area contributed by atoms with E-state index in [1.807, 2.05) is 23.1 Å². The van der Waals surface area contributed by atoms with E-state index in [1.54, 1.807) is 19.4 Å². The van der Waals surface area contributed by atoms with Crippen molar-refractivity contribution < 1.29 is 9.53 Å². The first-order valence-electron chi connectivity index (χ1n) is 7.05. The van der Waals surface area contributed by atoms with Gasteiger partial charge < -0.3 is 9.64 Å². The van der Waals surface area contributed by atoms with Gasteiger partial charge in [-0.3, -0.25) is 9.78 Å². The van der Waals surface area contributed by atoms with Crippen LogP contribution in [-0.4, -0.2) is 42.1 Å². The summed E-state index contributed by atoms with van der Waals surface area (Å²) in [5.41, 5.74) is 1.40. The van der Waals surface area contributed by atoms with Crippen LogP contribution in [0.25, 0.3) is 10.9 Å². The third-order valence-corrected chi connectivity index (χ3v) is 4.26. The molecule has 0 spiro atoms. The summed E-state index contributed by atoms with van der Waals surface area (Å²) in [6.07, 6.45) is 3.68. The van der Waals surface area contributed by atoms with Crippen molar-refractivity contribution >= 4 is 28.4 Å². The van der Waals surface area contributed by atoms with Crippen molar-refractivity contribution in [3.05, 3.63) is 41.0 Å². The summed E-state index contributed by atoms with van der Waals surface area (Å²) >= 11 is 6.13. The van der Waals surface area contributed by atoms with Gasteiger partial charge in [0.25, 0.3) is 5.91 Å². The molecule has 1 aliphatic heterocycles. The van der Waals surface area contributed by atoms with E-state index in [1.165, 1.54) is 0 Å². The van der Waals surface area contributed by atoms with E-state index in [0.717, 1.165) is 30.3 Å². The Morgan fingerprint density at radius 1 is 1.48 bits per heavy atom. The Bertz CT molecular complexity index is 674. The molecule has 1 aromatic heterocycles. The number of benzene rings is 1. The van der Waals surface area contributed by atoms with Crippen LogP contribution in [0.1, 0.15) is 23.2 Å². The van der Waals surface area contributed by atoms with Gasteiger partial charge in [-0.2, -0.15) is 0 Å². The lowest BCUT2D eigenvalue weighted by Gasteiger charge is -2.24. The monoisotopic (exact) mass is 304 g/mol. The molecule has 0 radical (unpaired) electrons. The lowest BCUT2D eigenvalue weighted by Crippen LogP contribution is -2.38. The summed E-state index contributed by atoms with van der Waals surface area (Å²) in [5.74, 6) is 0.0400. The zero-order valence-electron chi connectivity index (χ0n) is 11.9. The lowest BCUT2D eigenvalue weighted by atomic mass is 10.1. The molecule has 0 saturated carbocycles. The second-order valence-corrected chi connectivity index (χ2v) is 5.68. The van der Waals surface area contributed by atoms with Gasteiger partial charge in [-0.05, 0) is 31.0 Å². The number of amides is 1. The Morgan fingerprint density at radius 3 is 3.14 bits per heavy atom. The summed E-state index contributed by atoms with van der Waals surface area (Å²) in [4.78, 5) is 18.9. The Kier molecular flexibility index (Phi) is 4.08. The van der Waals surface area contributed by atoms with Gasteiger partial charge in [0.1, 0.15) is 0 Å². The number of likely N-dealkylation sites (tertiary alicyclic amines) is 1. The van der Waals surface area contributed by atoms with Crippen LogP contribution in [0.2, 0.25) is 5.02 Å². The Hall–Kier alpha value is -1.65. The number of carbonyl (C=O) groups is 1. The van der Waals surface area contributed by atoms with E-state index in [2.05, 4.69) is 4.98 Å². The first kappa shape index (κ1) is 14.3. The van der Waals surface area contributed by atoms with Crippen LogP contribution in [0.3, 0.4) is 0 Å². The molecule has 1 aromatic carbocycles. The molecule has 0 aliphatic carbocycles. The molecule has 0 unspecified atom stereocenters. The molecule has 0 bridgehead atoms. The predicted molar refractivity (Wildman–Crippen MR) is 82.7 cm³/mol. The SMILES string of the molecule is COC[C@@H]1CCCN1C(=O)c1ccc2c(Cl)ccnc2c1. The number of carbonyl (C=O) groups excluding carboxylic acids is 1. The topological polar surface area (TPSA) is 42.4 Å². The second-order valence-electron chi connectivity index (χ2n) is 5.27. The number of hydrogen-bond donors (Lipinski definition) is 0. The third kappa shape index (κ3) is 2.74. The molecule has 110 valence electrons. The first-order valence-corrected chi connectivity index (χ1v) is 7.42. The van der Waals surface area contributed by atoms with Crippen LogP contribution in [0, 0.1) is 0 Å². The number of pyridine rings is 1. The fourth-order valence-corrected chi connectivity index (χ4v) is 3.10. The fourth-order valence-electron chi connectivity index (χ4n) is 2.88. The highest BCUT2D eigenvalue weighted by molar-refractivity contribution is 6.35. The van der Waals surface area contributed by atoms with Crippen molar-refractivity contribution in [1.29, 1.82) is 0 Å². The molecule has 1 saturated heterocycles. The van der Waals surface area contributed by atoms with Crippen molar-refractivity contribution in [2.45, 2.75) is 18.9 Å². The maximum Gasteiger partial charge on any atom is 0.254 e. The molecule has 1 atom stereocenters. The average molecular weight is 305 g/mol. The molecule has 4 nitrogen and oxygen atoms in total.